The summed E-state index contributed by atoms with van der Waals surface area (Å²) in [6.45, 7) is 4.00. The summed E-state index contributed by atoms with van der Waals surface area (Å²) in [6.07, 6.45) is 1.72. The van der Waals surface area contributed by atoms with Crippen molar-refractivity contribution in [3.63, 3.8) is 0 Å². The highest BCUT2D eigenvalue weighted by Crippen LogP contribution is 2.26. The molecule has 0 saturated heterocycles. The Morgan fingerprint density at radius 2 is 1.86 bits per heavy atom. The molecule has 0 bridgehead atoms. The molecule has 0 aliphatic rings. The van der Waals surface area contributed by atoms with Gasteiger partial charge in [-0.25, -0.2) is 4.98 Å². The highest BCUT2D eigenvalue weighted by atomic mass is 32.2. The van der Waals surface area contributed by atoms with Crippen molar-refractivity contribution in [1.82, 2.24) is 9.97 Å². The summed E-state index contributed by atoms with van der Waals surface area (Å²) in [7, 11) is 1.68. The normalized spacial score (nSPS) is 10.0. The number of nitrogens with one attached hydrogen (secondary N) is 1. The molecular weight excluding hydrogens is 280 g/mol. The van der Waals surface area contributed by atoms with Gasteiger partial charge in [0.2, 0.25) is 0 Å². The Labute approximate surface area is 129 Å². The van der Waals surface area contributed by atoms with E-state index in [9.17, 15) is 0 Å². The first-order valence-electron chi connectivity index (χ1n) is 7.04. The van der Waals surface area contributed by atoms with Crippen molar-refractivity contribution in [3.8, 4) is 5.75 Å². The lowest BCUT2D eigenvalue weighted by atomic mass is 10.2. The van der Waals surface area contributed by atoms with Gasteiger partial charge in [-0.1, -0.05) is 26.0 Å². The zero-order valence-electron chi connectivity index (χ0n) is 12.6. The molecule has 0 fully saturated rings. The minimum Gasteiger partial charge on any atom is -0.497 e. The molecule has 3 nitrogen and oxygen atoms in total. The molecule has 21 heavy (non-hydrogen) atoms. The summed E-state index contributed by atoms with van der Waals surface area (Å²) >= 11 is 1.82. The summed E-state index contributed by atoms with van der Waals surface area (Å²) in [6, 6.07) is 14.5. The van der Waals surface area contributed by atoms with E-state index in [-0.39, 0.29) is 0 Å². The van der Waals surface area contributed by atoms with Crippen molar-refractivity contribution in [2.75, 3.05) is 7.11 Å². The second-order valence-corrected chi connectivity index (χ2v) is 5.27. The van der Waals surface area contributed by atoms with Gasteiger partial charge in [0.25, 0.3) is 0 Å². The van der Waals surface area contributed by atoms with Crippen LogP contribution in [0.2, 0.25) is 0 Å². The molecule has 0 atom stereocenters. The maximum Gasteiger partial charge on any atom is 0.118 e. The van der Waals surface area contributed by atoms with E-state index < -0.39 is 0 Å². The van der Waals surface area contributed by atoms with E-state index in [1.165, 1.54) is 10.5 Å². The maximum atomic E-state index is 5.15. The minimum absolute atomic E-state index is 0.896. The van der Waals surface area contributed by atoms with Crippen LogP contribution in [0.4, 0.5) is 0 Å². The van der Waals surface area contributed by atoms with E-state index >= 15 is 0 Å². The molecule has 0 radical (unpaired) electrons. The van der Waals surface area contributed by atoms with Gasteiger partial charge in [0.15, 0.2) is 0 Å². The van der Waals surface area contributed by atoms with Gasteiger partial charge < -0.3 is 9.72 Å². The molecule has 0 aliphatic carbocycles. The molecule has 0 saturated carbocycles. The zero-order valence-corrected chi connectivity index (χ0v) is 13.4. The van der Waals surface area contributed by atoms with Crippen LogP contribution in [0.5, 0.6) is 5.75 Å². The van der Waals surface area contributed by atoms with E-state index in [0.717, 1.165) is 22.5 Å². The number of aromatic amines is 1. The van der Waals surface area contributed by atoms with E-state index in [2.05, 4.69) is 34.2 Å². The van der Waals surface area contributed by atoms with Gasteiger partial charge in [-0.3, -0.25) is 0 Å². The Morgan fingerprint density at radius 3 is 2.57 bits per heavy atom. The lowest BCUT2D eigenvalue weighted by Crippen LogP contribution is -1.84. The lowest BCUT2D eigenvalue weighted by molar-refractivity contribution is 0.414. The summed E-state index contributed by atoms with van der Waals surface area (Å²) in [4.78, 5) is 8.59. The summed E-state index contributed by atoms with van der Waals surface area (Å²) in [5, 5.41) is 0. The van der Waals surface area contributed by atoms with Crippen LogP contribution in [0.25, 0.3) is 11.0 Å². The third-order valence-electron chi connectivity index (χ3n) is 2.96. The first-order chi connectivity index (χ1) is 10.3. The van der Waals surface area contributed by atoms with Crippen LogP contribution in [-0.4, -0.2) is 17.1 Å². The van der Waals surface area contributed by atoms with Crippen molar-refractivity contribution < 1.29 is 4.74 Å². The second kappa shape index (κ2) is 7.74. The van der Waals surface area contributed by atoms with Crippen molar-refractivity contribution in [2.24, 2.45) is 0 Å². The molecule has 1 aromatic heterocycles. The predicted molar refractivity (Wildman–Crippen MR) is 90.0 cm³/mol. The average molecular weight is 300 g/mol. The smallest absolute Gasteiger partial charge is 0.118 e. The third kappa shape index (κ3) is 4.02. The third-order valence-corrected chi connectivity index (χ3v) is 4.02. The standard InChI is InChI=1S/C15H14N2OS.C2H6/c1-18-12-4-2-11(3-5-12)9-19-13-6-7-14-15(8-13)17-10-16-14;1-2/h2-8,10H,9H2,1H3,(H,16,17);1-2H3. The highest BCUT2D eigenvalue weighted by Gasteiger charge is 2.00. The Bertz CT molecular complexity index is 677. The fourth-order valence-corrected chi connectivity index (χ4v) is 2.78. The number of fused-ring (bicyclic) bond motifs is 1. The lowest BCUT2D eigenvalue weighted by Gasteiger charge is -2.04. The van der Waals surface area contributed by atoms with Gasteiger partial charge in [-0.15, -0.1) is 11.8 Å². The molecule has 2 aromatic carbocycles. The number of nitrogens with zero attached hydrogens (tertiary/aromatic N) is 1. The Kier molecular flexibility index (Phi) is 5.69. The number of hydrogen-bond donors (Lipinski definition) is 1. The predicted octanol–water partition coefficient (Wildman–Crippen LogP) is 4.89. The molecule has 1 heterocycles. The fourth-order valence-electron chi connectivity index (χ4n) is 1.89. The van der Waals surface area contributed by atoms with Gasteiger partial charge in [-0.05, 0) is 35.9 Å². The van der Waals surface area contributed by atoms with Crippen molar-refractivity contribution >= 4 is 22.8 Å². The SMILES string of the molecule is CC.COc1ccc(CSc2ccc3nc[nH]c3c2)cc1. The molecular formula is C17H20N2OS. The zero-order chi connectivity index (χ0) is 15.1. The van der Waals surface area contributed by atoms with Gasteiger partial charge in [-0.2, -0.15) is 0 Å². The van der Waals surface area contributed by atoms with Gasteiger partial charge in [0.05, 0.1) is 24.5 Å². The molecule has 0 unspecified atom stereocenters. The first kappa shape index (κ1) is 15.4. The maximum absolute atomic E-state index is 5.15. The van der Waals surface area contributed by atoms with Gasteiger partial charge >= 0.3 is 0 Å². The first-order valence-corrected chi connectivity index (χ1v) is 8.02. The summed E-state index contributed by atoms with van der Waals surface area (Å²) < 4.78 is 5.15. The van der Waals surface area contributed by atoms with Crippen LogP contribution < -0.4 is 4.74 Å². The molecule has 110 valence electrons. The van der Waals surface area contributed by atoms with Crippen LogP contribution in [0.1, 0.15) is 19.4 Å². The van der Waals surface area contributed by atoms with E-state index in [1.54, 1.807) is 13.4 Å². The number of hydrogen-bond acceptors (Lipinski definition) is 3. The molecule has 3 rings (SSSR count). The van der Waals surface area contributed by atoms with Crippen LogP contribution in [0.15, 0.2) is 53.7 Å². The van der Waals surface area contributed by atoms with Crippen LogP contribution in [-0.2, 0) is 5.75 Å². The van der Waals surface area contributed by atoms with Crippen molar-refractivity contribution in [1.29, 1.82) is 0 Å². The van der Waals surface area contributed by atoms with Crippen LogP contribution in [0.3, 0.4) is 0 Å². The van der Waals surface area contributed by atoms with Crippen LogP contribution in [0, 0.1) is 0 Å². The Morgan fingerprint density at radius 1 is 1.10 bits per heavy atom. The summed E-state index contributed by atoms with van der Waals surface area (Å²) in [5.74, 6) is 1.84. The molecule has 0 amide bonds. The van der Waals surface area contributed by atoms with Crippen LogP contribution >= 0.6 is 11.8 Å². The fraction of sp³-hybridized carbons (Fsp3) is 0.235. The number of benzene rings is 2. The van der Waals surface area contributed by atoms with E-state index in [4.69, 9.17) is 4.74 Å². The number of ether oxygens (including phenoxy) is 1. The van der Waals surface area contributed by atoms with E-state index in [0.29, 0.717) is 0 Å². The van der Waals surface area contributed by atoms with Gasteiger partial charge in [0.1, 0.15) is 5.75 Å². The summed E-state index contributed by atoms with van der Waals surface area (Å²) in [5.41, 5.74) is 3.38. The Hall–Kier alpha value is -1.94. The second-order valence-electron chi connectivity index (χ2n) is 4.22. The number of aromatic nitrogens is 2. The highest BCUT2D eigenvalue weighted by molar-refractivity contribution is 7.98. The molecule has 4 heteroatoms. The largest absolute Gasteiger partial charge is 0.497 e. The van der Waals surface area contributed by atoms with Crippen molar-refractivity contribution in [3.05, 3.63) is 54.4 Å². The average Bonchev–Trinajstić information content (AvgIpc) is 3.03. The molecule has 0 spiro atoms. The topological polar surface area (TPSA) is 37.9 Å². The number of methoxy groups -OCH3 is 1. The molecule has 0 aliphatic heterocycles. The number of thioether (sulfide) groups is 1. The van der Waals surface area contributed by atoms with Crippen molar-refractivity contribution in [2.45, 2.75) is 24.5 Å². The molecule has 1 N–H and O–H groups in total. The number of H-pyrrole nitrogens is 1. The Balaban J connectivity index is 0.000000774. The number of rotatable bonds is 4. The quantitative estimate of drug-likeness (QED) is 0.697. The monoisotopic (exact) mass is 300 g/mol. The number of imidazole rings is 1. The minimum atomic E-state index is 0.896. The molecule has 3 aromatic rings. The van der Waals surface area contributed by atoms with Gasteiger partial charge in [0, 0.05) is 10.6 Å². The van der Waals surface area contributed by atoms with E-state index in [1.807, 2.05) is 43.8 Å².